The van der Waals surface area contributed by atoms with Crippen molar-refractivity contribution in [3.05, 3.63) is 54.0 Å². The minimum atomic E-state index is -2.64. The molecule has 1 aliphatic rings. The van der Waals surface area contributed by atoms with Crippen molar-refractivity contribution in [2.75, 3.05) is 13.2 Å². The minimum absolute atomic E-state index is 0.160. The van der Waals surface area contributed by atoms with E-state index in [2.05, 4.69) is 69.2 Å². The zero-order valence-corrected chi connectivity index (χ0v) is 22.1. The van der Waals surface area contributed by atoms with Gasteiger partial charge in [0.05, 0.1) is 0 Å². The molecule has 1 aliphatic heterocycles. The van der Waals surface area contributed by atoms with E-state index in [0.29, 0.717) is 13.2 Å². The number of hydrogen-bond donors (Lipinski definition) is 0. The van der Waals surface area contributed by atoms with Crippen LogP contribution in [0.2, 0.25) is 13.3 Å². The van der Waals surface area contributed by atoms with Crippen molar-refractivity contribution in [2.24, 2.45) is 0 Å². The first-order valence-electron chi connectivity index (χ1n) is 12.2. The van der Waals surface area contributed by atoms with Crippen LogP contribution in [0.5, 0.6) is 0 Å². The maximum absolute atomic E-state index is 5.94. The van der Waals surface area contributed by atoms with E-state index in [-0.39, 0.29) is 7.12 Å². The maximum atomic E-state index is 5.94. The molecule has 0 spiro atoms. The molecule has 2 aromatic carbocycles. The zero-order chi connectivity index (χ0) is 21.2. The van der Waals surface area contributed by atoms with Gasteiger partial charge >= 0.3 is 189 Å². The second-order valence-electron chi connectivity index (χ2n) is 8.84. The fourth-order valence-electron chi connectivity index (χ4n) is 4.87. The Morgan fingerprint density at radius 1 is 0.833 bits per heavy atom. The first-order valence-corrected chi connectivity index (χ1v) is 19.6. The zero-order valence-electron chi connectivity index (χ0n) is 19.3. The van der Waals surface area contributed by atoms with E-state index in [1.54, 1.807) is 3.59 Å². The molecule has 3 rings (SSSR count). The van der Waals surface area contributed by atoms with Gasteiger partial charge in [-0.1, -0.05) is 0 Å². The predicted molar refractivity (Wildman–Crippen MR) is 134 cm³/mol. The molecule has 0 aliphatic carbocycles. The third-order valence-corrected chi connectivity index (χ3v) is 22.4. The molecule has 2 aromatic rings. The van der Waals surface area contributed by atoms with Gasteiger partial charge in [-0.2, -0.15) is 0 Å². The number of unbranched alkanes of at least 4 members (excludes halogenated alkanes) is 3. The topological polar surface area (TPSA) is 18.5 Å². The Kier molecular flexibility index (Phi) is 9.80. The van der Waals surface area contributed by atoms with Gasteiger partial charge in [0.25, 0.3) is 0 Å². The van der Waals surface area contributed by atoms with Crippen LogP contribution >= 0.6 is 0 Å². The SMILES string of the molecule is CCC[CH2][Sn]([CH2]CCC)([CH2]CCC)/[C](=C\B1OCCO1)c1ccc2ccccc2c1. The Labute approximate surface area is 188 Å². The molecule has 0 radical (unpaired) electrons. The van der Waals surface area contributed by atoms with Crippen molar-refractivity contribution in [1.29, 1.82) is 0 Å². The van der Waals surface area contributed by atoms with Crippen molar-refractivity contribution in [2.45, 2.75) is 72.6 Å². The van der Waals surface area contributed by atoms with E-state index in [4.69, 9.17) is 9.31 Å². The van der Waals surface area contributed by atoms with Crippen LogP contribution < -0.4 is 0 Å². The second kappa shape index (κ2) is 12.3. The second-order valence-corrected chi connectivity index (χ2v) is 22.0. The number of benzene rings is 2. The quantitative estimate of drug-likeness (QED) is 0.271. The van der Waals surface area contributed by atoms with Crippen LogP contribution in [-0.2, 0) is 9.31 Å². The predicted octanol–water partition coefficient (Wildman–Crippen LogP) is 7.69. The molecule has 162 valence electrons. The Morgan fingerprint density at radius 2 is 1.40 bits per heavy atom. The van der Waals surface area contributed by atoms with Crippen molar-refractivity contribution < 1.29 is 9.31 Å². The summed E-state index contributed by atoms with van der Waals surface area (Å²) in [7, 11) is -0.160. The third kappa shape index (κ3) is 6.14. The molecule has 0 aromatic heterocycles. The summed E-state index contributed by atoms with van der Waals surface area (Å²) in [5.74, 6) is 2.41. The third-order valence-electron chi connectivity index (χ3n) is 6.61. The molecule has 0 amide bonds. The molecular weight excluding hydrogens is 474 g/mol. The fourth-order valence-corrected chi connectivity index (χ4v) is 21.7. The monoisotopic (exact) mass is 514 g/mol. The fraction of sp³-hybridized carbons (Fsp3) is 0.538. The summed E-state index contributed by atoms with van der Waals surface area (Å²) >= 11 is -2.64. The van der Waals surface area contributed by atoms with Crippen molar-refractivity contribution in [1.82, 2.24) is 0 Å². The van der Waals surface area contributed by atoms with Gasteiger partial charge in [-0.25, -0.2) is 0 Å². The van der Waals surface area contributed by atoms with Crippen LogP contribution in [-0.4, -0.2) is 38.7 Å². The van der Waals surface area contributed by atoms with E-state index in [1.807, 2.05) is 0 Å². The summed E-state index contributed by atoms with van der Waals surface area (Å²) in [6, 6.07) is 15.9. The van der Waals surface area contributed by atoms with Gasteiger partial charge in [-0.15, -0.1) is 0 Å². The van der Waals surface area contributed by atoms with Crippen LogP contribution in [0.3, 0.4) is 0 Å². The van der Waals surface area contributed by atoms with E-state index in [9.17, 15) is 0 Å². The van der Waals surface area contributed by atoms with Crippen LogP contribution in [0, 0.1) is 0 Å². The molecule has 1 saturated heterocycles. The number of fused-ring (bicyclic) bond motifs is 1. The van der Waals surface area contributed by atoms with Crippen molar-refractivity contribution in [3.63, 3.8) is 0 Å². The van der Waals surface area contributed by atoms with E-state index < -0.39 is 18.4 Å². The van der Waals surface area contributed by atoms with Crippen molar-refractivity contribution >= 4 is 39.9 Å². The number of hydrogen-bond acceptors (Lipinski definition) is 2. The average molecular weight is 513 g/mol. The van der Waals surface area contributed by atoms with Gasteiger partial charge in [0.15, 0.2) is 0 Å². The number of rotatable bonds is 12. The van der Waals surface area contributed by atoms with Gasteiger partial charge in [0, 0.05) is 0 Å². The summed E-state index contributed by atoms with van der Waals surface area (Å²) in [4.78, 5) is 0. The Bertz CT molecular complexity index is 792. The van der Waals surface area contributed by atoms with Crippen LogP contribution in [0.25, 0.3) is 14.4 Å². The Balaban J connectivity index is 2.11. The first kappa shape index (κ1) is 23.9. The Hall–Kier alpha value is -0.776. The molecule has 0 saturated carbocycles. The van der Waals surface area contributed by atoms with Crippen LogP contribution in [0.15, 0.2) is 48.4 Å². The molecule has 0 bridgehead atoms. The van der Waals surface area contributed by atoms with Crippen molar-refractivity contribution in [3.8, 4) is 0 Å². The molecule has 30 heavy (non-hydrogen) atoms. The first-order chi connectivity index (χ1) is 14.7. The van der Waals surface area contributed by atoms with E-state index in [1.165, 1.54) is 68.2 Å². The molecule has 2 nitrogen and oxygen atoms in total. The summed E-state index contributed by atoms with van der Waals surface area (Å²) in [5, 5.41) is 2.67. The van der Waals surface area contributed by atoms with E-state index >= 15 is 0 Å². The molecule has 1 heterocycles. The van der Waals surface area contributed by atoms with Crippen LogP contribution in [0.4, 0.5) is 0 Å². The van der Waals surface area contributed by atoms with E-state index in [0.717, 1.165) is 0 Å². The van der Waals surface area contributed by atoms with Gasteiger partial charge in [-0.3, -0.25) is 0 Å². The molecule has 1 fully saturated rings. The molecule has 0 atom stereocenters. The molecule has 0 unspecified atom stereocenters. The average Bonchev–Trinajstić information content (AvgIpc) is 3.30. The standard InChI is InChI=1S/C14H12BO2.3C4H9.Sn/c1-2-4-14-11-12(5-6-13(14)3-1)7-8-15-16-9-10-17-15;3*1-3-4-2;/h1-6,8,11H,9-10H2;3*1,3-4H2,2H3;. The van der Waals surface area contributed by atoms with Gasteiger partial charge in [0.1, 0.15) is 0 Å². The molecule has 4 heteroatoms. The summed E-state index contributed by atoms with van der Waals surface area (Å²) in [5.41, 5.74) is 1.44. The van der Waals surface area contributed by atoms with Crippen LogP contribution in [0.1, 0.15) is 64.9 Å². The summed E-state index contributed by atoms with van der Waals surface area (Å²) < 4.78 is 17.9. The normalized spacial score (nSPS) is 15.3. The van der Waals surface area contributed by atoms with Gasteiger partial charge in [0.2, 0.25) is 0 Å². The summed E-state index contributed by atoms with van der Waals surface area (Å²) in [6.07, 6.45) is 7.96. The van der Waals surface area contributed by atoms with Gasteiger partial charge < -0.3 is 0 Å². The molecule has 0 N–H and O–H groups in total. The summed E-state index contributed by atoms with van der Waals surface area (Å²) in [6.45, 7) is 8.47. The van der Waals surface area contributed by atoms with Gasteiger partial charge in [-0.05, 0) is 0 Å². The molecular formula is C26H39BO2Sn. The Morgan fingerprint density at radius 3 is 1.97 bits per heavy atom.